The number of halogens is 4. The number of nitriles is 1. The van der Waals surface area contributed by atoms with Crippen molar-refractivity contribution in [1.82, 2.24) is 19.1 Å². The molecule has 6 heterocycles. The van der Waals surface area contributed by atoms with Crippen LogP contribution in [0.2, 0.25) is 0 Å². The zero-order valence-corrected chi connectivity index (χ0v) is 27.5. The van der Waals surface area contributed by atoms with Gasteiger partial charge in [0, 0.05) is 73.2 Å². The number of hydrogen-bond donors (Lipinski definition) is 1. The maximum Gasteiger partial charge on any atom is 0.265 e. The van der Waals surface area contributed by atoms with Gasteiger partial charge in [-0.3, -0.25) is 4.79 Å². The fourth-order valence-corrected chi connectivity index (χ4v) is 6.89. The topological polar surface area (TPSA) is 109 Å². The molecule has 0 aliphatic carbocycles. The summed E-state index contributed by atoms with van der Waals surface area (Å²) in [5.74, 6) is -0.944. The van der Waals surface area contributed by atoms with E-state index in [2.05, 4.69) is 16.0 Å². The first-order valence-corrected chi connectivity index (χ1v) is 16.0. The molecule has 0 saturated carbocycles. The van der Waals surface area contributed by atoms with E-state index in [0.29, 0.717) is 60.1 Å². The molecule has 0 unspecified atom stereocenters. The Labute approximate surface area is 290 Å². The van der Waals surface area contributed by atoms with Crippen LogP contribution in [0.25, 0.3) is 22.3 Å². The Morgan fingerprint density at radius 3 is 1.61 bits per heavy atom. The second kappa shape index (κ2) is 13.1. The van der Waals surface area contributed by atoms with E-state index in [1.54, 1.807) is 53.7 Å². The normalized spacial score (nSPS) is 13.0. The number of anilines is 4. The molecule has 0 atom stereocenters. The monoisotopic (exact) mass is 690 g/mol. The summed E-state index contributed by atoms with van der Waals surface area (Å²) in [7, 11) is 3.54. The van der Waals surface area contributed by atoms with Crippen LogP contribution in [0.15, 0.2) is 85.5 Å². The molecule has 9 nitrogen and oxygen atoms in total. The minimum absolute atomic E-state index is 0.318. The van der Waals surface area contributed by atoms with Gasteiger partial charge >= 0.3 is 0 Å². The van der Waals surface area contributed by atoms with Crippen molar-refractivity contribution in [3.63, 3.8) is 0 Å². The number of carbonyl (C=O) groups is 1. The fourth-order valence-electron chi connectivity index (χ4n) is 6.89. The molecule has 1 amide bonds. The minimum atomic E-state index is -0.533. The second-order valence-electron chi connectivity index (χ2n) is 12.2. The van der Waals surface area contributed by atoms with Crippen molar-refractivity contribution in [3.05, 3.63) is 131 Å². The Balaban J connectivity index is 0.000000159. The Morgan fingerprint density at radius 1 is 0.686 bits per heavy atom. The van der Waals surface area contributed by atoms with E-state index in [1.807, 2.05) is 16.0 Å². The maximum absolute atomic E-state index is 13.9. The number of nitrogens with two attached hydrogens (primary N) is 1. The standard InChI is InChI=1S/C19H16F2N4O.C19H14F2N4/c1-24-10-16-14(17(24)18(22)26)6-7-25(13-4-2-11(20)3-5-13)19-15(16)8-12(21)9-23-19;1-24-11-17-15(18(24)9-22)6-7-25(14-4-2-12(20)3-5-14)19-16(17)8-13(21)10-23-19/h2-5,8-10H,6-7H2,1H3,(H2,22,26);2-5,8,10-11H,6-7H2,1H3. The summed E-state index contributed by atoms with van der Waals surface area (Å²) < 4.78 is 57.8. The van der Waals surface area contributed by atoms with E-state index in [0.717, 1.165) is 39.8 Å². The lowest BCUT2D eigenvalue weighted by Gasteiger charge is -2.24. The van der Waals surface area contributed by atoms with E-state index in [-0.39, 0.29) is 11.6 Å². The Morgan fingerprint density at radius 2 is 1.14 bits per heavy atom. The van der Waals surface area contributed by atoms with Crippen LogP contribution in [0, 0.1) is 34.6 Å². The number of primary amides is 1. The first-order valence-electron chi connectivity index (χ1n) is 16.0. The van der Waals surface area contributed by atoms with Gasteiger partial charge in [-0.1, -0.05) is 0 Å². The smallest absolute Gasteiger partial charge is 0.265 e. The molecular formula is C38H30F4N8O. The van der Waals surface area contributed by atoms with Crippen molar-refractivity contribution in [2.45, 2.75) is 12.8 Å². The summed E-state index contributed by atoms with van der Waals surface area (Å²) in [5.41, 5.74) is 12.4. The van der Waals surface area contributed by atoms with Crippen molar-refractivity contribution in [1.29, 1.82) is 5.26 Å². The van der Waals surface area contributed by atoms with Crippen LogP contribution in [0.4, 0.5) is 40.6 Å². The van der Waals surface area contributed by atoms with Crippen LogP contribution >= 0.6 is 0 Å². The molecule has 13 heteroatoms. The van der Waals surface area contributed by atoms with Crippen molar-refractivity contribution in [2.75, 3.05) is 22.9 Å². The molecule has 256 valence electrons. The lowest BCUT2D eigenvalue weighted by Crippen LogP contribution is -2.22. The zero-order chi connectivity index (χ0) is 36.0. The summed E-state index contributed by atoms with van der Waals surface area (Å²) in [5, 5.41) is 9.46. The molecule has 8 rings (SSSR count). The van der Waals surface area contributed by atoms with Crippen LogP contribution in [0.5, 0.6) is 0 Å². The number of amides is 1. The highest BCUT2D eigenvalue weighted by atomic mass is 19.1. The van der Waals surface area contributed by atoms with Gasteiger partial charge in [0.2, 0.25) is 0 Å². The van der Waals surface area contributed by atoms with Gasteiger partial charge in [-0.15, -0.1) is 0 Å². The van der Waals surface area contributed by atoms with E-state index >= 15 is 0 Å². The number of carbonyl (C=O) groups excluding carboxylic acids is 1. The van der Waals surface area contributed by atoms with Crippen LogP contribution in [-0.4, -0.2) is 38.1 Å². The molecule has 2 N–H and O–H groups in total. The molecule has 0 bridgehead atoms. The Kier molecular flexibility index (Phi) is 8.52. The third kappa shape index (κ3) is 6.05. The number of aromatic nitrogens is 4. The fraction of sp³-hybridized carbons (Fsp3) is 0.158. The third-order valence-corrected chi connectivity index (χ3v) is 9.12. The molecule has 51 heavy (non-hydrogen) atoms. The van der Waals surface area contributed by atoms with Gasteiger partial charge < -0.3 is 24.7 Å². The van der Waals surface area contributed by atoms with E-state index < -0.39 is 17.5 Å². The molecule has 2 aromatic carbocycles. The average Bonchev–Trinajstić information content (AvgIpc) is 3.51. The van der Waals surface area contributed by atoms with E-state index in [4.69, 9.17) is 5.73 Å². The molecule has 0 spiro atoms. The quantitative estimate of drug-likeness (QED) is 0.199. The molecule has 2 aliphatic rings. The van der Waals surface area contributed by atoms with Gasteiger partial charge in [0.1, 0.15) is 52.4 Å². The number of nitrogens with zero attached hydrogens (tertiary/aromatic N) is 7. The summed E-state index contributed by atoms with van der Waals surface area (Å²) >= 11 is 0. The predicted molar refractivity (Wildman–Crippen MR) is 185 cm³/mol. The third-order valence-electron chi connectivity index (χ3n) is 9.12. The summed E-state index contributed by atoms with van der Waals surface area (Å²) in [6, 6.07) is 17.2. The largest absolute Gasteiger partial charge is 0.364 e. The van der Waals surface area contributed by atoms with Crippen LogP contribution in [0.1, 0.15) is 27.3 Å². The van der Waals surface area contributed by atoms with Crippen molar-refractivity contribution < 1.29 is 22.4 Å². The second-order valence-corrected chi connectivity index (χ2v) is 12.2. The van der Waals surface area contributed by atoms with E-state index in [9.17, 15) is 27.6 Å². The first kappa shape index (κ1) is 33.1. The van der Waals surface area contributed by atoms with Gasteiger partial charge in [-0.25, -0.2) is 27.5 Å². The van der Waals surface area contributed by atoms with Crippen molar-refractivity contribution in [3.8, 4) is 28.3 Å². The van der Waals surface area contributed by atoms with Crippen molar-refractivity contribution in [2.24, 2.45) is 19.8 Å². The lowest BCUT2D eigenvalue weighted by atomic mass is 10.0. The average molecular weight is 691 g/mol. The molecule has 0 radical (unpaired) electrons. The molecule has 0 saturated heterocycles. The van der Waals surface area contributed by atoms with Gasteiger partial charge in [-0.05, 0) is 84.6 Å². The van der Waals surface area contributed by atoms with Gasteiger partial charge in [-0.2, -0.15) is 5.26 Å². The van der Waals surface area contributed by atoms with Crippen LogP contribution in [0.3, 0.4) is 0 Å². The number of fused-ring (bicyclic) bond motifs is 6. The number of aryl methyl sites for hydroxylation is 2. The number of pyridine rings is 2. The highest BCUT2D eigenvalue weighted by Gasteiger charge is 2.29. The Hall–Kier alpha value is -6.42. The maximum atomic E-state index is 13.9. The minimum Gasteiger partial charge on any atom is -0.364 e. The highest BCUT2D eigenvalue weighted by Crippen LogP contribution is 2.42. The van der Waals surface area contributed by atoms with Crippen LogP contribution in [-0.2, 0) is 26.9 Å². The van der Waals surface area contributed by atoms with Gasteiger partial charge in [0.15, 0.2) is 0 Å². The van der Waals surface area contributed by atoms with Crippen LogP contribution < -0.4 is 15.5 Å². The molecule has 6 aromatic rings. The number of rotatable bonds is 3. The zero-order valence-electron chi connectivity index (χ0n) is 27.5. The Bertz CT molecular complexity index is 2340. The predicted octanol–water partition coefficient (Wildman–Crippen LogP) is 7.09. The number of benzene rings is 2. The van der Waals surface area contributed by atoms with Crippen molar-refractivity contribution >= 4 is 28.9 Å². The van der Waals surface area contributed by atoms with E-state index in [1.165, 1.54) is 42.6 Å². The summed E-state index contributed by atoms with van der Waals surface area (Å²) in [6.07, 6.45) is 7.05. The summed E-state index contributed by atoms with van der Waals surface area (Å²) in [4.78, 5) is 24.3. The number of hydrogen-bond acceptors (Lipinski definition) is 6. The summed E-state index contributed by atoms with van der Waals surface area (Å²) in [6.45, 7) is 1.05. The molecule has 4 aromatic heterocycles. The molecule has 2 aliphatic heterocycles. The van der Waals surface area contributed by atoms with Gasteiger partial charge in [0.05, 0.1) is 12.4 Å². The SMILES string of the molecule is Cn1cc2c(c1C#N)CCN(c1ccc(F)cc1)c1ncc(F)cc1-2.Cn1cc2c(c1C(N)=O)CCN(c1ccc(F)cc1)c1ncc(F)cc1-2. The lowest BCUT2D eigenvalue weighted by molar-refractivity contribution is 0.0991. The van der Waals surface area contributed by atoms with Gasteiger partial charge in [0.25, 0.3) is 5.91 Å². The highest BCUT2D eigenvalue weighted by molar-refractivity contribution is 5.97. The molecule has 0 fully saturated rings. The first-order chi connectivity index (χ1) is 24.5. The molecular weight excluding hydrogens is 660 g/mol.